The van der Waals surface area contributed by atoms with E-state index in [1.54, 1.807) is 26.8 Å². The number of nitrogens with one attached hydrogen (secondary N) is 1. The standard InChI is InChI=1S/C36H31Cl2FN4O6/c1-36(2,3)48-32(44)16-21(41-35(45)46-19-28-25-10-6-4-8-23(25)24-9-5-7-11-26(24)28)15-31-42-33(43-49-31)27-13-12-22(17-29(27)38)47-34-30(39)14-20(37)18-40-34/h4-14,17-18,21,28H,15-16,19H2,1-3H3,(H,41,45)/t21-/m1/s1. The number of amides is 1. The lowest BCUT2D eigenvalue weighted by Gasteiger charge is -2.22. The van der Waals surface area contributed by atoms with E-state index in [9.17, 15) is 14.0 Å². The number of carbonyl (C=O) groups is 2. The second kappa shape index (κ2) is 14.2. The van der Waals surface area contributed by atoms with Gasteiger partial charge in [0.15, 0.2) is 5.82 Å². The van der Waals surface area contributed by atoms with Crippen molar-refractivity contribution in [2.24, 2.45) is 0 Å². The average molecular weight is 706 g/mol. The maximum atomic E-state index is 14.1. The molecule has 252 valence electrons. The molecule has 1 aliphatic rings. The molecule has 49 heavy (non-hydrogen) atoms. The van der Waals surface area contributed by atoms with Crippen LogP contribution in [0.5, 0.6) is 11.6 Å². The Kier molecular flexibility index (Phi) is 9.84. The molecule has 6 rings (SSSR count). The van der Waals surface area contributed by atoms with E-state index in [0.717, 1.165) is 28.3 Å². The molecular weight excluding hydrogens is 674 g/mol. The number of alkyl carbamates (subject to hydrolysis) is 1. The normalized spacial score (nSPS) is 12.9. The van der Waals surface area contributed by atoms with E-state index in [1.165, 1.54) is 18.3 Å². The predicted octanol–water partition coefficient (Wildman–Crippen LogP) is 8.55. The van der Waals surface area contributed by atoms with Crippen molar-refractivity contribution in [2.75, 3.05) is 6.61 Å². The highest BCUT2D eigenvalue weighted by molar-refractivity contribution is 6.33. The van der Waals surface area contributed by atoms with E-state index in [0.29, 0.717) is 5.56 Å². The van der Waals surface area contributed by atoms with Crippen molar-refractivity contribution in [1.29, 1.82) is 0 Å². The third-order valence-electron chi connectivity index (χ3n) is 7.56. The topological polar surface area (TPSA) is 126 Å². The quantitative estimate of drug-likeness (QED) is 0.142. The molecule has 0 saturated carbocycles. The Bertz CT molecular complexity index is 1970. The first-order valence-electron chi connectivity index (χ1n) is 15.4. The number of esters is 1. The van der Waals surface area contributed by atoms with E-state index in [4.69, 9.17) is 41.9 Å². The number of carbonyl (C=O) groups excluding carboxylic acids is 2. The van der Waals surface area contributed by atoms with Crippen LogP contribution in [0.2, 0.25) is 10.0 Å². The van der Waals surface area contributed by atoms with Crippen LogP contribution in [0, 0.1) is 5.82 Å². The molecule has 0 aliphatic heterocycles. The van der Waals surface area contributed by atoms with Crippen LogP contribution in [0.1, 0.15) is 50.1 Å². The number of pyridine rings is 1. The first-order valence-corrected chi connectivity index (χ1v) is 16.1. The van der Waals surface area contributed by atoms with Gasteiger partial charge in [0.05, 0.1) is 22.5 Å². The summed E-state index contributed by atoms with van der Waals surface area (Å²) in [5, 5.41) is 7.13. The fourth-order valence-corrected chi connectivity index (χ4v) is 5.95. The number of hydrogen-bond donors (Lipinski definition) is 1. The molecule has 0 spiro atoms. The van der Waals surface area contributed by atoms with E-state index in [-0.39, 0.29) is 58.8 Å². The van der Waals surface area contributed by atoms with E-state index < -0.39 is 29.5 Å². The predicted molar refractivity (Wildman–Crippen MR) is 180 cm³/mol. The summed E-state index contributed by atoms with van der Waals surface area (Å²) >= 11 is 12.2. The number of rotatable bonds is 10. The van der Waals surface area contributed by atoms with Crippen molar-refractivity contribution in [2.45, 2.75) is 51.2 Å². The van der Waals surface area contributed by atoms with E-state index >= 15 is 0 Å². The summed E-state index contributed by atoms with van der Waals surface area (Å²) in [5.74, 6) is -1.16. The Morgan fingerprint density at radius 3 is 2.33 bits per heavy atom. The first-order chi connectivity index (χ1) is 23.4. The van der Waals surface area contributed by atoms with Gasteiger partial charge in [0, 0.05) is 30.2 Å². The maximum Gasteiger partial charge on any atom is 0.407 e. The first kappa shape index (κ1) is 33.9. The Hall–Kier alpha value is -5.00. The monoisotopic (exact) mass is 704 g/mol. The van der Waals surface area contributed by atoms with Crippen LogP contribution in [0.3, 0.4) is 0 Å². The summed E-state index contributed by atoms with van der Waals surface area (Å²) in [5.41, 5.74) is 4.04. The molecule has 2 heterocycles. The van der Waals surface area contributed by atoms with Gasteiger partial charge < -0.3 is 24.1 Å². The van der Waals surface area contributed by atoms with Crippen molar-refractivity contribution in [3.05, 3.63) is 112 Å². The molecule has 0 unspecified atom stereocenters. The summed E-state index contributed by atoms with van der Waals surface area (Å²) < 4.78 is 36.3. The molecule has 5 aromatic rings. The van der Waals surface area contributed by atoms with Crippen LogP contribution in [0.4, 0.5) is 9.18 Å². The number of nitrogens with zero attached hydrogens (tertiary/aromatic N) is 3. The zero-order valence-corrected chi connectivity index (χ0v) is 28.2. The molecule has 13 heteroatoms. The molecule has 1 amide bonds. The second-order valence-corrected chi connectivity index (χ2v) is 13.2. The number of hydrogen-bond acceptors (Lipinski definition) is 9. The number of benzene rings is 3. The minimum atomic E-state index is -0.799. The van der Waals surface area contributed by atoms with Gasteiger partial charge in [-0.15, -0.1) is 0 Å². The highest BCUT2D eigenvalue weighted by Crippen LogP contribution is 2.44. The molecule has 0 bridgehead atoms. The van der Waals surface area contributed by atoms with Crippen LogP contribution in [-0.4, -0.2) is 45.4 Å². The minimum Gasteiger partial charge on any atom is -0.460 e. The Balaban J connectivity index is 1.14. The van der Waals surface area contributed by atoms with Crippen molar-refractivity contribution < 1.29 is 32.7 Å². The zero-order chi connectivity index (χ0) is 34.7. The minimum absolute atomic E-state index is 0.00321. The van der Waals surface area contributed by atoms with Gasteiger partial charge in [0.2, 0.25) is 11.7 Å². The van der Waals surface area contributed by atoms with Crippen LogP contribution in [0.25, 0.3) is 22.5 Å². The summed E-state index contributed by atoms with van der Waals surface area (Å²) in [6, 6.07) is 20.9. The lowest BCUT2D eigenvalue weighted by atomic mass is 9.98. The lowest BCUT2D eigenvalue weighted by molar-refractivity contribution is -0.155. The molecule has 0 saturated heterocycles. The third kappa shape index (κ3) is 8.18. The van der Waals surface area contributed by atoms with Crippen molar-refractivity contribution in [3.63, 3.8) is 0 Å². The van der Waals surface area contributed by atoms with Gasteiger partial charge in [-0.25, -0.2) is 14.2 Å². The SMILES string of the molecule is CC(C)(C)OC(=O)C[C@@H](Cc1nc(-c2ccc(Oc3ncc(Cl)cc3F)cc2Cl)no1)NC(=O)OCC1c2ccccc2-c2ccccc21. The molecule has 3 aromatic carbocycles. The number of aromatic nitrogens is 3. The van der Waals surface area contributed by atoms with Crippen LogP contribution >= 0.6 is 23.2 Å². The highest BCUT2D eigenvalue weighted by Gasteiger charge is 2.30. The highest BCUT2D eigenvalue weighted by atomic mass is 35.5. The molecular formula is C36H31Cl2FN4O6. The van der Waals surface area contributed by atoms with Gasteiger partial charge >= 0.3 is 12.1 Å². The maximum absolute atomic E-state index is 14.1. The van der Waals surface area contributed by atoms with Crippen LogP contribution < -0.4 is 10.1 Å². The van der Waals surface area contributed by atoms with Gasteiger partial charge in [-0.2, -0.15) is 4.98 Å². The van der Waals surface area contributed by atoms with Gasteiger partial charge in [0.1, 0.15) is 18.0 Å². The lowest BCUT2D eigenvalue weighted by Crippen LogP contribution is -2.40. The van der Waals surface area contributed by atoms with Crippen molar-refractivity contribution >= 4 is 35.3 Å². The fourth-order valence-electron chi connectivity index (χ4n) is 5.55. The molecule has 1 atom stereocenters. The van der Waals surface area contributed by atoms with Gasteiger partial charge in [0.25, 0.3) is 5.88 Å². The Morgan fingerprint density at radius 2 is 1.67 bits per heavy atom. The van der Waals surface area contributed by atoms with E-state index in [2.05, 4.69) is 32.6 Å². The Morgan fingerprint density at radius 1 is 0.980 bits per heavy atom. The molecule has 0 radical (unpaired) electrons. The van der Waals surface area contributed by atoms with E-state index in [1.807, 2.05) is 36.4 Å². The Labute approximate surface area is 291 Å². The largest absolute Gasteiger partial charge is 0.460 e. The number of fused-ring (bicyclic) bond motifs is 3. The zero-order valence-electron chi connectivity index (χ0n) is 26.7. The summed E-state index contributed by atoms with van der Waals surface area (Å²) in [4.78, 5) is 34.2. The summed E-state index contributed by atoms with van der Waals surface area (Å²) in [7, 11) is 0. The average Bonchev–Trinajstić information content (AvgIpc) is 3.63. The summed E-state index contributed by atoms with van der Waals surface area (Å²) in [6.07, 6.45) is 0.369. The van der Waals surface area contributed by atoms with Crippen molar-refractivity contribution in [3.8, 4) is 34.1 Å². The van der Waals surface area contributed by atoms with Crippen LogP contribution in [0.15, 0.2) is 83.5 Å². The molecule has 0 fully saturated rings. The molecule has 1 N–H and O–H groups in total. The third-order valence-corrected chi connectivity index (χ3v) is 8.08. The van der Waals surface area contributed by atoms with Crippen LogP contribution in [-0.2, 0) is 20.7 Å². The second-order valence-electron chi connectivity index (χ2n) is 12.4. The number of halogens is 3. The van der Waals surface area contributed by atoms with Gasteiger partial charge in [-0.05, 0) is 61.2 Å². The molecule has 10 nitrogen and oxygen atoms in total. The van der Waals surface area contributed by atoms with Gasteiger partial charge in [-0.3, -0.25) is 4.79 Å². The van der Waals surface area contributed by atoms with Gasteiger partial charge in [-0.1, -0.05) is 76.9 Å². The fraction of sp³-hybridized carbons (Fsp3) is 0.250. The molecule has 2 aromatic heterocycles. The smallest absolute Gasteiger partial charge is 0.407 e. The number of ether oxygens (including phenoxy) is 3. The van der Waals surface area contributed by atoms with Crippen molar-refractivity contribution in [1.82, 2.24) is 20.4 Å². The summed E-state index contributed by atoms with van der Waals surface area (Å²) in [6.45, 7) is 5.37. The molecule has 1 aliphatic carbocycles.